The smallest absolute Gasteiger partial charge is 0.121 e. The fourth-order valence-electron chi connectivity index (χ4n) is 1.28. The summed E-state index contributed by atoms with van der Waals surface area (Å²) in [5.41, 5.74) is 1.32. The third-order valence-corrected chi connectivity index (χ3v) is 1.86. The van der Waals surface area contributed by atoms with Crippen molar-refractivity contribution in [2.24, 2.45) is 0 Å². The maximum Gasteiger partial charge on any atom is 0.121 e. The van der Waals surface area contributed by atoms with Gasteiger partial charge in [0.15, 0.2) is 0 Å². The largest absolute Gasteiger partial charge is 0.468 e. The highest BCUT2D eigenvalue weighted by atomic mass is 16.3. The summed E-state index contributed by atoms with van der Waals surface area (Å²) in [6.45, 7) is 5.26. The molecule has 1 rings (SSSR count). The minimum absolute atomic E-state index is 0.554. The van der Waals surface area contributed by atoms with Gasteiger partial charge in [0.25, 0.3) is 0 Å². The van der Waals surface area contributed by atoms with Gasteiger partial charge in [-0.25, -0.2) is 0 Å². The van der Waals surface area contributed by atoms with Crippen LogP contribution >= 0.6 is 0 Å². The Bertz CT molecular complexity index is 238. The quantitative estimate of drug-likeness (QED) is 0.687. The highest BCUT2D eigenvalue weighted by Gasteiger charge is 2.09. The predicted octanol–water partition coefficient (Wildman–Crippen LogP) is 2.46. The van der Waals surface area contributed by atoms with E-state index in [9.17, 15) is 0 Å². The van der Waals surface area contributed by atoms with Crippen molar-refractivity contribution < 1.29 is 4.42 Å². The minimum Gasteiger partial charge on any atom is -0.468 e. The van der Waals surface area contributed by atoms with Crippen LogP contribution in [-0.2, 0) is 6.54 Å². The minimum atomic E-state index is 0.554. The van der Waals surface area contributed by atoms with Gasteiger partial charge in [-0.15, -0.1) is 0 Å². The molecule has 12 heavy (non-hydrogen) atoms. The highest BCUT2D eigenvalue weighted by molar-refractivity contribution is 5.20. The number of rotatable bonds is 3. The van der Waals surface area contributed by atoms with Crippen LogP contribution in [0.1, 0.15) is 31.1 Å². The van der Waals surface area contributed by atoms with E-state index in [0.29, 0.717) is 5.92 Å². The van der Waals surface area contributed by atoms with E-state index in [-0.39, 0.29) is 0 Å². The van der Waals surface area contributed by atoms with Gasteiger partial charge < -0.3 is 9.32 Å². The monoisotopic (exact) mass is 167 g/mol. The summed E-state index contributed by atoms with van der Waals surface area (Å²) < 4.78 is 5.40. The maximum absolute atomic E-state index is 5.40. The first kappa shape index (κ1) is 9.33. The highest BCUT2D eigenvalue weighted by Crippen LogP contribution is 2.21. The molecule has 1 aromatic heterocycles. The van der Waals surface area contributed by atoms with Crippen LogP contribution in [0.5, 0.6) is 0 Å². The Morgan fingerprint density at radius 3 is 2.58 bits per heavy atom. The van der Waals surface area contributed by atoms with Gasteiger partial charge in [-0.2, -0.15) is 0 Å². The van der Waals surface area contributed by atoms with Crippen molar-refractivity contribution in [3.63, 3.8) is 0 Å². The molecule has 0 N–H and O–H groups in total. The summed E-state index contributed by atoms with van der Waals surface area (Å²) in [7, 11) is 4.10. The van der Waals surface area contributed by atoms with Crippen LogP contribution in [-0.4, -0.2) is 19.0 Å². The molecule has 0 bridgehead atoms. The molecule has 0 aliphatic carbocycles. The van der Waals surface area contributed by atoms with Crippen LogP contribution in [0, 0.1) is 0 Å². The fraction of sp³-hybridized carbons (Fsp3) is 0.600. The summed E-state index contributed by atoms with van der Waals surface area (Å²) in [4.78, 5) is 2.12. The number of hydrogen-bond donors (Lipinski definition) is 0. The van der Waals surface area contributed by atoms with Gasteiger partial charge in [-0.05, 0) is 31.6 Å². The van der Waals surface area contributed by atoms with E-state index in [2.05, 4.69) is 24.8 Å². The van der Waals surface area contributed by atoms with Crippen molar-refractivity contribution in [1.29, 1.82) is 0 Å². The number of hydrogen-bond acceptors (Lipinski definition) is 2. The summed E-state index contributed by atoms with van der Waals surface area (Å²) in [6, 6.07) is 2.06. The van der Waals surface area contributed by atoms with E-state index in [4.69, 9.17) is 4.42 Å². The summed E-state index contributed by atoms with van der Waals surface area (Å²) in [6.07, 6.45) is 1.77. The lowest BCUT2D eigenvalue weighted by Crippen LogP contribution is -2.11. The van der Waals surface area contributed by atoms with Crippen molar-refractivity contribution in [3.8, 4) is 0 Å². The van der Waals surface area contributed by atoms with Crippen LogP contribution in [0.25, 0.3) is 0 Å². The third-order valence-electron chi connectivity index (χ3n) is 1.86. The average Bonchev–Trinajstić information content (AvgIpc) is 2.33. The Morgan fingerprint density at radius 1 is 1.42 bits per heavy atom. The fourth-order valence-corrected chi connectivity index (χ4v) is 1.28. The zero-order valence-corrected chi connectivity index (χ0v) is 8.29. The van der Waals surface area contributed by atoms with Gasteiger partial charge in [0.05, 0.1) is 12.8 Å². The van der Waals surface area contributed by atoms with E-state index < -0.39 is 0 Å². The molecule has 0 saturated heterocycles. The van der Waals surface area contributed by atoms with Crippen LogP contribution < -0.4 is 0 Å². The second-order valence-corrected chi connectivity index (χ2v) is 3.69. The summed E-state index contributed by atoms with van der Waals surface area (Å²) in [5, 5.41) is 0. The molecular weight excluding hydrogens is 150 g/mol. The Labute approximate surface area is 74.2 Å². The molecule has 0 radical (unpaired) electrons. The van der Waals surface area contributed by atoms with Crippen LogP contribution in [0.2, 0.25) is 0 Å². The molecule has 1 aromatic rings. The average molecular weight is 167 g/mol. The first-order valence-electron chi connectivity index (χ1n) is 4.32. The number of nitrogens with zero attached hydrogens (tertiary/aromatic N) is 1. The van der Waals surface area contributed by atoms with E-state index in [0.717, 1.165) is 12.3 Å². The lowest BCUT2D eigenvalue weighted by molar-refractivity contribution is 0.347. The van der Waals surface area contributed by atoms with Gasteiger partial charge in [0, 0.05) is 0 Å². The molecule has 0 unspecified atom stereocenters. The van der Waals surface area contributed by atoms with Gasteiger partial charge in [0.1, 0.15) is 5.76 Å². The molecule has 0 saturated carbocycles. The van der Waals surface area contributed by atoms with E-state index >= 15 is 0 Å². The van der Waals surface area contributed by atoms with Crippen LogP contribution in [0.4, 0.5) is 0 Å². The molecule has 0 aromatic carbocycles. The first-order chi connectivity index (χ1) is 5.61. The molecule has 0 aliphatic heterocycles. The third kappa shape index (κ3) is 2.11. The molecular formula is C10H17NO. The molecule has 2 nitrogen and oxygen atoms in total. The Kier molecular flexibility index (Phi) is 2.93. The van der Waals surface area contributed by atoms with Gasteiger partial charge in [-0.3, -0.25) is 0 Å². The molecule has 2 heteroatoms. The summed E-state index contributed by atoms with van der Waals surface area (Å²) >= 11 is 0. The van der Waals surface area contributed by atoms with Gasteiger partial charge >= 0.3 is 0 Å². The second-order valence-electron chi connectivity index (χ2n) is 3.69. The van der Waals surface area contributed by atoms with Crippen molar-refractivity contribution in [2.45, 2.75) is 26.3 Å². The standard InChI is InChI=1S/C10H17NO/c1-8(2)9-5-6-12-10(9)7-11(3)4/h5-6,8H,7H2,1-4H3. The van der Waals surface area contributed by atoms with E-state index in [1.54, 1.807) is 6.26 Å². The Morgan fingerprint density at radius 2 is 2.08 bits per heavy atom. The van der Waals surface area contributed by atoms with E-state index in [1.165, 1.54) is 5.56 Å². The van der Waals surface area contributed by atoms with Gasteiger partial charge in [0.2, 0.25) is 0 Å². The van der Waals surface area contributed by atoms with Crippen LogP contribution in [0.15, 0.2) is 16.7 Å². The zero-order chi connectivity index (χ0) is 9.14. The molecule has 0 spiro atoms. The normalized spacial score (nSPS) is 11.5. The molecule has 0 amide bonds. The first-order valence-corrected chi connectivity index (χ1v) is 4.32. The SMILES string of the molecule is CC(C)c1ccoc1CN(C)C. The number of furan rings is 1. The van der Waals surface area contributed by atoms with Crippen molar-refractivity contribution in [2.75, 3.05) is 14.1 Å². The van der Waals surface area contributed by atoms with Crippen LogP contribution in [0.3, 0.4) is 0 Å². The summed E-state index contributed by atoms with van der Waals surface area (Å²) in [5.74, 6) is 1.65. The Hall–Kier alpha value is -0.760. The topological polar surface area (TPSA) is 16.4 Å². The molecule has 0 atom stereocenters. The lowest BCUT2D eigenvalue weighted by Gasteiger charge is -2.10. The lowest BCUT2D eigenvalue weighted by atomic mass is 10.0. The van der Waals surface area contributed by atoms with Crippen molar-refractivity contribution >= 4 is 0 Å². The molecule has 1 heterocycles. The molecule has 0 fully saturated rings. The Balaban J connectivity index is 2.77. The second kappa shape index (κ2) is 3.76. The maximum atomic E-state index is 5.40. The predicted molar refractivity (Wildman–Crippen MR) is 50.2 cm³/mol. The zero-order valence-electron chi connectivity index (χ0n) is 8.29. The van der Waals surface area contributed by atoms with Gasteiger partial charge in [-0.1, -0.05) is 13.8 Å². The molecule has 68 valence electrons. The molecule has 0 aliphatic rings. The van der Waals surface area contributed by atoms with E-state index in [1.807, 2.05) is 14.1 Å². The van der Waals surface area contributed by atoms with Crippen molar-refractivity contribution in [1.82, 2.24) is 4.90 Å². The van der Waals surface area contributed by atoms with Crippen molar-refractivity contribution in [3.05, 3.63) is 23.7 Å².